The second-order valence-electron chi connectivity index (χ2n) is 4.79. The van der Waals surface area contributed by atoms with Gasteiger partial charge in [0.15, 0.2) is 0 Å². The lowest BCUT2D eigenvalue weighted by molar-refractivity contribution is 0.252. The van der Waals surface area contributed by atoms with Gasteiger partial charge in [0.25, 0.3) is 0 Å². The molecular weight excluding hydrogens is 285 g/mol. The first kappa shape index (κ1) is 12.9. The fourth-order valence-corrected chi connectivity index (χ4v) is 2.34. The number of halogens is 2. The highest BCUT2D eigenvalue weighted by molar-refractivity contribution is 6.42. The van der Waals surface area contributed by atoms with Crippen LogP contribution in [-0.2, 0) is 0 Å². The molecule has 0 radical (unpaired) electrons. The van der Waals surface area contributed by atoms with E-state index in [1.165, 1.54) is 0 Å². The lowest BCUT2D eigenvalue weighted by Gasteiger charge is -2.30. The monoisotopic (exact) mass is 297 g/mol. The Morgan fingerprint density at radius 1 is 1.32 bits per heavy atom. The number of benzene rings is 1. The van der Waals surface area contributed by atoms with Crippen LogP contribution in [-0.4, -0.2) is 23.2 Å². The van der Waals surface area contributed by atoms with Crippen molar-refractivity contribution in [1.29, 1.82) is 0 Å². The van der Waals surface area contributed by atoms with Crippen molar-refractivity contribution in [3.63, 3.8) is 0 Å². The first-order valence-corrected chi connectivity index (χ1v) is 6.90. The fraction of sp³-hybridized carbons (Fsp3) is 0.385. The zero-order chi connectivity index (χ0) is 13.4. The van der Waals surface area contributed by atoms with Crippen molar-refractivity contribution >= 4 is 23.2 Å². The summed E-state index contributed by atoms with van der Waals surface area (Å²) in [4.78, 5) is 4.45. The first-order valence-electron chi connectivity index (χ1n) is 6.15. The molecule has 6 heteroatoms. The number of nitrogens with one attached hydrogen (secondary N) is 1. The fourth-order valence-electron chi connectivity index (χ4n) is 2.04. The summed E-state index contributed by atoms with van der Waals surface area (Å²) in [6.45, 7) is 4.12. The number of aromatic nitrogens is 2. The zero-order valence-corrected chi connectivity index (χ0v) is 11.9. The standard InChI is InChI=1S/C13H13Cl2N3O/c1-7(9-5-16-6-9)13-17-12(18-19-13)8-2-3-10(14)11(15)4-8/h2-4,7,9,16H,5-6H2,1H3. The Morgan fingerprint density at radius 3 is 2.74 bits per heavy atom. The highest BCUT2D eigenvalue weighted by Crippen LogP contribution is 2.30. The van der Waals surface area contributed by atoms with Crippen molar-refractivity contribution in [3.8, 4) is 11.4 Å². The Labute approximate surface area is 121 Å². The van der Waals surface area contributed by atoms with Gasteiger partial charge in [-0.25, -0.2) is 0 Å². The van der Waals surface area contributed by atoms with Crippen LogP contribution in [0.4, 0.5) is 0 Å². The molecule has 1 fully saturated rings. The predicted molar refractivity (Wildman–Crippen MR) is 74.5 cm³/mol. The highest BCUT2D eigenvalue weighted by Gasteiger charge is 2.28. The van der Waals surface area contributed by atoms with E-state index < -0.39 is 0 Å². The average molecular weight is 298 g/mol. The third-order valence-electron chi connectivity index (χ3n) is 3.53. The lowest BCUT2D eigenvalue weighted by atomic mass is 9.89. The molecule has 0 amide bonds. The van der Waals surface area contributed by atoms with Crippen molar-refractivity contribution in [3.05, 3.63) is 34.1 Å². The summed E-state index contributed by atoms with van der Waals surface area (Å²) < 4.78 is 5.34. The summed E-state index contributed by atoms with van der Waals surface area (Å²) in [6.07, 6.45) is 0. The maximum Gasteiger partial charge on any atom is 0.230 e. The summed E-state index contributed by atoms with van der Waals surface area (Å²) in [7, 11) is 0. The van der Waals surface area contributed by atoms with E-state index in [9.17, 15) is 0 Å². The van der Waals surface area contributed by atoms with Crippen LogP contribution in [0.3, 0.4) is 0 Å². The van der Waals surface area contributed by atoms with Gasteiger partial charge in [0.1, 0.15) is 0 Å². The van der Waals surface area contributed by atoms with Gasteiger partial charge < -0.3 is 9.84 Å². The number of rotatable bonds is 3. The van der Waals surface area contributed by atoms with Gasteiger partial charge in [-0.05, 0) is 37.2 Å². The molecule has 19 heavy (non-hydrogen) atoms. The van der Waals surface area contributed by atoms with Crippen LogP contribution in [0.5, 0.6) is 0 Å². The molecule has 0 aliphatic carbocycles. The Balaban J connectivity index is 1.85. The highest BCUT2D eigenvalue weighted by atomic mass is 35.5. The molecule has 1 unspecified atom stereocenters. The normalized spacial score (nSPS) is 17.2. The van der Waals surface area contributed by atoms with Gasteiger partial charge in [-0.1, -0.05) is 35.3 Å². The topological polar surface area (TPSA) is 51.0 Å². The zero-order valence-electron chi connectivity index (χ0n) is 10.4. The van der Waals surface area contributed by atoms with Gasteiger partial charge in [-0.3, -0.25) is 0 Å². The quantitative estimate of drug-likeness (QED) is 0.944. The van der Waals surface area contributed by atoms with Gasteiger partial charge in [0.05, 0.1) is 10.0 Å². The van der Waals surface area contributed by atoms with Crippen molar-refractivity contribution in [1.82, 2.24) is 15.5 Å². The molecule has 1 aliphatic heterocycles. The van der Waals surface area contributed by atoms with E-state index in [1.54, 1.807) is 12.1 Å². The van der Waals surface area contributed by atoms with Gasteiger partial charge in [0, 0.05) is 11.5 Å². The summed E-state index contributed by atoms with van der Waals surface area (Å²) in [5.74, 6) is 2.06. The first-order chi connectivity index (χ1) is 9.15. The Bertz CT molecular complexity index is 595. The molecule has 1 saturated heterocycles. The summed E-state index contributed by atoms with van der Waals surface area (Å²) in [5, 5.41) is 8.26. The Morgan fingerprint density at radius 2 is 2.11 bits per heavy atom. The van der Waals surface area contributed by atoms with Crippen LogP contribution < -0.4 is 5.32 Å². The molecule has 4 nitrogen and oxygen atoms in total. The maximum atomic E-state index is 5.99. The van der Waals surface area contributed by atoms with E-state index in [2.05, 4.69) is 22.4 Å². The minimum absolute atomic E-state index is 0.269. The molecule has 2 aromatic rings. The second-order valence-corrected chi connectivity index (χ2v) is 5.61. The van der Waals surface area contributed by atoms with Crippen molar-refractivity contribution in [2.75, 3.05) is 13.1 Å². The SMILES string of the molecule is CC(c1nc(-c2ccc(Cl)c(Cl)c2)no1)C1CNC1. The van der Waals surface area contributed by atoms with Gasteiger partial charge in [0.2, 0.25) is 11.7 Å². The van der Waals surface area contributed by atoms with Gasteiger partial charge in [-0.15, -0.1) is 0 Å². The molecule has 1 N–H and O–H groups in total. The largest absolute Gasteiger partial charge is 0.339 e. The van der Waals surface area contributed by atoms with E-state index in [-0.39, 0.29) is 5.92 Å². The Hall–Kier alpha value is -1.10. The van der Waals surface area contributed by atoms with E-state index in [4.69, 9.17) is 27.7 Å². The third-order valence-corrected chi connectivity index (χ3v) is 4.27. The number of nitrogens with zero attached hydrogens (tertiary/aromatic N) is 2. The van der Waals surface area contributed by atoms with E-state index in [1.807, 2.05) is 6.07 Å². The van der Waals surface area contributed by atoms with Crippen molar-refractivity contribution in [2.24, 2.45) is 5.92 Å². The summed E-state index contributed by atoms with van der Waals surface area (Å²) in [5.41, 5.74) is 0.809. The molecule has 0 spiro atoms. The van der Waals surface area contributed by atoms with E-state index >= 15 is 0 Å². The van der Waals surface area contributed by atoms with Crippen LogP contribution in [0.2, 0.25) is 10.0 Å². The molecule has 1 aromatic heterocycles. The summed E-state index contributed by atoms with van der Waals surface area (Å²) in [6, 6.07) is 5.31. The molecule has 3 rings (SSSR count). The van der Waals surface area contributed by atoms with Crippen LogP contribution in [0.25, 0.3) is 11.4 Å². The molecule has 1 atom stereocenters. The third kappa shape index (κ3) is 2.48. The molecule has 1 aliphatic rings. The second kappa shape index (κ2) is 5.12. The average Bonchev–Trinajstić information content (AvgIpc) is 2.80. The number of hydrogen-bond donors (Lipinski definition) is 1. The van der Waals surface area contributed by atoms with Crippen LogP contribution in [0, 0.1) is 5.92 Å². The van der Waals surface area contributed by atoms with E-state index in [0.29, 0.717) is 27.7 Å². The molecular formula is C13H13Cl2N3O. The maximum absolute atomic E-state index is 5.99. The minimum Gasteiger partial charge on any atom is -0.339 e. The van der Waals surface area contributed by atoms with Crippen molar-refractivity contribution in [2.45, 2.75) is 12.8 Å². The van der Waals surface area contributed by atoms with Crippen molar-refractivity contribution < 1.29 is 4.52 Å². The van der Waals surface area contributed by atoms with Crippen LogP contribution in [0.15, 0.2) is 22.7 Å². The molecule has 0 saturated carbocycles. The molecule has 1 aromatic carbocycles. The molecule has 2 heterocycles. The Kier molecular flexibility index (Phi) is 3.48. The minimum atomic E-state index is 0.269. The lowest BCUT2D eigenvalue weighted by Crippen LogP contribution is -2.44. The summed E-state index contributed by atoms with van der Waals surface area (Å²) >= 11 is 11.9. The molecule has 100 valence electrons. The van der Waals surface area contributed by atoms with Crippen LogP contribution in [0.1, 0.15) is 18.7 Å². The van der Waals surface area contributed by atoms with Gasteiger partial charge >= 0.3 is 0 Å². The van der Waals surface area contributed by atoms with Crippen LogP contribution >= 0.6 is 23.2 Å². The molecule has 0 bridgehead atoms. The predicted octanol–water partition coefficient (Wildman–Crippen LogP) is 3.37. The van der Waals surface area contributed by atoms with Gasteiger partial charge in [-0.2, -0.15) is 4.98 Å². The number of hydrogen-bond acceptors (Lipinski definition) is 4. The smallest absolute Gasteiger partial charge is 0.230 e. The van der Waals surface area contributed by atoms with E-state index in [0.717, 1.165) is 18.7 Å².